The second-order valence-corrected chi connectivity index (χ2v) is 4.65. The normalized spacial score (nSPS) is 10.3. The molecule has 0 N–H and O–H groups in total. The van der Waals surface area contributed by atoms with Crippen molar-refractivity contribution < 1.29 is 0 Å². The third kappa shape index (κ3) is 2.33. The average Bonchev–Trinajstić information content (AvgIpc) is 2.20. The molecule has 1 aromatic heterocycles. The number of benzene rings is 1. The van der Waals surface area contributed by atoms with Crippen molar-refractivity contribution in [3.8, 4) is 11.1 Å². The maximum Gasteiger partial charge on any atom is 0.138 e. The van der Waals surface area contributed by atoms with Crippen LogP contribution in [-0.4, -0.2) is 4.98 Å². The van der Waals surface area contributed by atoms with E-state index in [1.807, 2.05) is 24.3 Å². The Kier molecular flexibility index (Phi) is 3.29. The fraction of sp³-hybridized carbons (Fsp3) is 0. The van der Waals surface area contributed by atoms with E-state index in [1.165, 1.54) is 0 Å². The summed E-state index contributed by atoms with van der Waals surface area (Å²) in [6.07, 6.45) is 1.59. The molecule has 0 spiro atoms. The number of rotatable bonds is 1. The van der Waals surface area contributed by atoms with Crippen LogP contribution >= 0.6 is 39.1 Å². The summed E-state index contributed by atoms with van der Waals surface area (Å²) in [6, 6.07) is 9.49. The van der Waals surface area contributed by atoms with Gasteiger partial charge in [-0.05, 0) is 23.8 Å². The first-order chi connectivity index (χ1) is 7.18. The van der Waals surface area contributed by atoms with Crippen molar-refractivity contribution >= 4 is 39.1 Å². The standard InChI is InChI=1S/C11H6BrCl2N/c12-8-3-1-7(2-4-8)10-9(13)5-6-15-11(10)14/h1-6H. The fourth-order valence-corrected chi connectivity index (χ4v) is 2.12. The number of aromatic nitrogens is 1. The van der Waals surface area contributed by atoms with Crippen LogP contribution in [0.1, 0.15) is 0 Å². The van der Waals surface area contributed by atoms with Gasteiger partial charge in [0.05, 0.1) is 5.02 Å². The Labute approximate surface area is 106 Å². The molecule has 0 saturated carbocycles. The lowest BCUT2D eigenvalue weighted by molar-refractivity contribution is 1.33. The zero-order chi connectivity index (χ0) is 10.8. The third-order valence-electron chi connectivity index (χ3n) is 1.99. The molecule has 15 heavy (non-hydrogen) atoms. The van der Waals surface area contributed by atoms with Crippen molar-refractivity contribution in [3.63, 3.8) is 0 Å². The van der Waals surface area contributed by atoms with Crippen molar-refractivity contribution in [1.29, 1.82) is 0 Å². The summed E-state index contributed by atoms with van der Waals surface area (Å²) >= 11 is 15.4. The molecule has 1 aromatic carbocycles. The van der Waals surface area contributed by atoms with Gasteiger partial charge in [0.15, 0.2) is 0 Å². The topological polar surface area (TPSA) is 12.9 Å². The molecule has 0 amide bonds. The molecule has 0 fully saturated rings. The highest BCUT2D eigenvalue weighted by Gasteiger charge is 2.08. The molecule has 0 bridgehead atoms. The molecule has 0 aliphatic carbocycles. The minimum absolute atomic E-state index is 0.421. The highest BCUT2D eigenvalue weighted by Crippen LogP contribution is 2.33. The Balaban J connectivity index is 2.58. The van der Waals surface area contributed by atoms with Crippen LogP contribution in [-0.2, 0) is 0 Å². The van der Waals surface area contributed by atoms with Crippen LogP contribution in [0.2, 0.25) is 10.2 Å². The predicted molar refractivity (Wildman–Crippen MR) is 67.4 cm³/mol. The fourth-order valence-electron chi connectivity index (χ4n) is 1.29. The van der Waals surface area contributed by atoms with Gasteiger partial charge in [0.25, 0.3) is 0 Å². The molecule has 0 aliphatic heterocycles. The van der Waals surface area contributed by atoms with E-state index < -0.39 is 0 Å². The van der Waals surface area contributed by atoms with Crippen molar-refractivity contribution in [1.82, 2.24) is 4.98 Å². The summed E-state index contributed by atoms with van der Waals surface area (Å²) in [7, 11) is 0. The van der Waals surface area contributed by atoms with E-state index in [2.05, 4.69) is 20.9 Å². The molecule has 0 radical (unpaired) electrons. The van der Waals surface area contributed by atoms with E-state index in [9.17, 15) is 0 Å². The molecule has 4 heteroatoms. The Bertz CT molecular complexity index is 462. The molecule has 0 atom stereocenters. The van der Waals surface area contributed by atoms with Gasteiger partial charge >= 0.3 is 0 Å². The van der Waals surface area contributed by atoms with Gasteiger partial charge in [-0.2, -0.15) is 0 Å². The number of hydrogen-bond donors (Lipinski definition) is 0. The van der Waals surface area contributed by atoms with E-state index in [0.29, 0.717) is 10.2 Å². The highest BCUT2D eigenvalue weighted by atomic mass is 79.9. The zero-order valence-corrected chi connectivity index (χ0v) is 10.6. The number of halogens is 3. The van der Waals surface area contributed by atoms with Gasteiger partial charge in [0.2, 0.25) is 0 Å². The third-order valence-corrected chi connectivity index (χ3v) is 3.12. The minimum atomic E-state index is 0.421. The second-order valence-electron chi connectivity index (χ2n) is 2.97. The first kappa shape index (κ1) is 10.9. The molecule has 76 valence electrons. The Morgan fingerprint density at radius 2 is 1.67 bits per heavy atom. The van der Waals surface area contributed by atoms with Crippen LogP contribution in [0.25, 0.3) is 11.1 Å². The van der Waals surface area contributed by atoms with Crippen molar-refractivity contribution in [2.24, 2.45) is 0 Å². The number of nitrogens with zero attached hydrogens (tertiary/aromatic N) is 1. The average molecular weight is 303 g/mol. The summed E-state index contributed by atoms with van der Waals surface area (Å²) in [5, 5.41) is 1.03. The highest BCUT2D eigenvalue weighted by molar-refractivity contribution is 9.10. The predicted octanol–water partition coefficient (Wildman–Crippen LogP) is 4.82. The number of pyridine rings is 1. The van der Waals surface area contributed by atoms with E-state index in [0.717, 1.165) is 15.6 Å². The van der Waals surface area contributed by atoms with Gasteiger partial charge in [0.1, 0.15) is 5.15 Å². The second kappa shape index (κ2) is 4.52. The lowest BCUT2D eigenvalue weighted by atomic mass is 10.1. The smallest absolute Gasteiger partial charge is 0.138 e. The SMILES string of the molecule is Clc1ccnc(Cl)c1-c1ccc(Br)cc1. The van der Waals surface area contributed by atoms with Gasteiger partial charge < -0.3 is 0 Å². The summed E-state index contributed by atoms with van der Waals surface area (Å²) in [4.78, 5) is 4.01. The van der Waals surface area contributed by atoms with Crippen LogP contribution < -0.4 is 0 Å². The molecule has 2 rings (SSSR count). The quantitative estimate of drug-likeness (QED) is 0.688. The molecular weight excluding hydrogens is 297 g/mol. The monoisotopic (exact) mass is 301 g/mol. The molecule has 0 saturated heterocycles. The maximum absolute atomic E-state index is 6.07. The minimum Gasteiger partial charge on any atom is -0.244 e. The van der Waals surface area contributed by atoms with Crippen molar-refractivity contribution in [3.05, 3.63) is 51.2 Å². The first-order valence-electron chi connectivity index (χ1n) is 4.24. The van der Waals surface area contributed by atoms with Gasteiger partial charge in [0, 0.05) is 16.2 Å². The largest absolute Gasteiger partial charge is 0.244 e. The molecule has 1 nitrogen and oxygen atoms in total. The van der Waals surface area contributed by atoms with Gasteiger partial charge in [-0.25, -0.2) is 4.98 Å². The number of hydrogen-bond acceptors (Lipinski definition) is 1. The van der Waals surface area contributed by atoms with E-state index >= 15 is 0 Å². The summed E-state index contributed by atoms with van der Waals surface area (Å²) < 4.78 is 1.02. The first-order valence-corrected chi connectivity index (χ1v) is 5.79. The van der Waals surface area contributed by atoms with Crippen LogP contribution in [0, 0.1) is 0 Å². The van der Waals surface area contributed by atoms with E-state index in [4.69, 9.17) is 23.2 Å². The summed E-state index contributed by atoms with van der Waals surface area (Å²) in [6.45, 7) is 0. The zero-order valence-electron chi connectivity index (χ0n) is 7.55. The molecule has 2 aromatic rings. The Morgan fingerprint density at radius 1 is 1.00 bits per heavy atom. The molecular formula is C11H6BrCl2N. The summed E-state index contributed by atoms with van der Waals surface area (Å²) in [5.74, 6) is 0. The van der Waals surface area contributed by atoms with Crippen molar-refractivity contribution in [2.75, 3.05) is 0 Å². The van der Waals surface area contributed by atoms with E-state index in [-0.39, 0.29) is 0 Å². The van der Waals surface area contributed by atoms with Gasteiger partial charge in [-0.3, -0.25) is 0 Å². The molecule has 0 unspecified atom stereocenters. The maximum atomic E-state index is 6.07. The van der Waals surface area contributed by atoms with Crippen LogP contribution in [0.3, 0.4) is 0 Å². The van der Waals surface area contributed by atoms with Crippen LogP contribution in [0.4, 0.5) is 0 Å². The van der Waals surface area contributed by atoms with Crippen LogP contribution in [0.15, 0.2) is 41.0 Å². The van der Waals surface area contributed by atoms with Gasteiger partial charge in [-0.1, -0.05) is 51.3 Å². The van der Waals surface area contributed by atoms with Crippen molar-refractivity contribution in [2.45, 2.75) is 0 Å². The van der Waals surface area contributed by atoms with Crippen LogP contribution in [0.5, 0.6) is 0 Å². The lowest BCUT2D eigenvalue weighted by Crippen LogP contribution is -1.84. The Morgan fingerprint density at radius 3 is 2.27 bits per heavy atom. The molecule has 0 aliphatic rings. The van der Waals surface area contributed by atoms with E-state index in [1.54, 1.807) is 12.3 Å². The molecule has 1 heterocycles. The lowest BCUT2D eigenvalue weighted by Gasteiger charge is -2.05. The summed E-state index contributed by atoms with van der Waals surface area (Å²) in [5.41, 5.74) is 1.73. The van der Waals surface area contributed by atoms with Gasteiger partial charge in [-0.15, -0.1) is 0 Å². The Hall–Kier alpha value is -0.570.